The summed E-state index contributed by atoms with van der Waals surface area (Å²) in [6.45, 7) is 0. The maximum Gasteiger partial charge on any atom is 0.171 e. The summed E-state index contributed by atoms with van der Waals surface area (Å²) in [6, 6.07) is 4.18. The van der Waals surface area contributed by atoms with Crippen LogP contribution in [0.2, 0.25) is 0 Å². The van der Waals surface area contributed by atoms with Crippen LogP contribution in [0.5, 0.6) is 11.5 Å². The molecule has 5 heteroatoms. The zero-order valence-corrected chi connectivity index (χ0v) is 10.0. The highest BCUT2D eigenvalue weighted by molar-refractivity contribution is 7.94. The van der Waals surface area contributed by atoms with E-state index in [0.717, 1.165) is 18.2 Å². The van der Waals surface area contributed by atoms with E-state index in [0.29, 0.717) is 11.5 Å². The fraction of sp³-hybridized carbons (Fsp3) is 0.333. The third-order valence-electron chi connectivity index (χ3n) is 2.63. The van der Waals surface area contributed by atoms with E-state index in [1.165, 1.54) is 24.3 Å². The Morgan fingerprint density at radius 2 is 1.94 bits per heavy atom. The van der Waals surface area contributed by atoms with Gasteiger partial charge in [0.1, 0.15) is 0 Å². The van der Waals surface area contributed by atoms with Crippen molar-refractivity contribution < 1.29 is 18.6 Å². The zero-order chi connectivity index (χ0) is 12.5. The van der Waals surface area contributed by atoms with Crippen LogP contribution >= 0.6 is 0 Å². The molecule has 4 nitrogen and oxygen atoms in total. The second-order valence-corrected chi connectivity index (χ2v) is 6.26. The van der Waals surface area contributed by atoms with Crippen LogP contribution in [0.3, 0.4) is 0 Å². The molecule has 2 rings (SSSR count). The molecule has 2 N–H and O–H groups in total. The van der Waals surface area contributed by atoms with Crippen molar-refractivity contribution in [1.29, 1.82) is 0 Å². The summed E-state index contributed by atoms with van der Waals surface area (Å²) in [4.78, 5) is 0. The average molecular weight is 254 g/mol. The molecular formula is C12H14O4S. The molecule has 1 aliphatic carbocycles. The molecule has 1 aromatic carbocycles. The molecule has 92 valence electrons. The average Bonchev–Trinajstić information content (AvgIpc) is 3.03. The standard InChI is InChI=1S/C12H14O4S/c13-11-4-3-9(7-12(11)14)5-6-17(15,16)8-10-1-2-10/h3-7,10,13-14H,1-2,8H2/b6-5+. The van der Waals surface area contributed by atoms with Crippen LogP contribution in [0.4, 0.5) is 0 Å². The van der Waals surface area contributed by atoms with Crippen molar-refractivity contribution in [3.63, 3.8) is 0 Å². The first-order valence-electron chi connectivity index (χ1n) is 5.39. The Labute approximate surface area is 100 Å². The molecule has 0 heterocycles. The van der Waals surface area contributed by atoms with Gasteiger partial charge >= 0.3 is 0 Å². The molecule has 0 bridgehead atoms. The minimum atomic E-state index is -3.16. The minimum absolute atomic E-state index is 0.202. The highest BCUT2D eigenvalue weighted by Gasteiger charge is 2.26. The van der Waals surface area contributed by atoms with Gasteiger partial charge in [-0.2, -0.15) is 0 Å². The van der Waals surface area contributed by atoms with Crippen LogP contribution in [0, 0.1) is 5.92 Å². The lowest BCUT2D eigenvalue weighted by Crippen LogP contribution is -2.03. The topological polar surface area (TPSA) is 74.6 Å². The number of phenols is 2. The second-order valence-electron chi connectivity index (χ2n) is 4.32. The van der Waals surface area contributed by atoms with Gasteiger partial charge in [-0.1, -0.05) is 6.07 Å². The van der Waals surface area contributed by atoms with Crippen LogP contribution < -0.4 is 0 Å². The second kappa shape index (κ2) is 4.41. The van der Waals surface area contributed by atoms with Crippen molar-refractivity contribution in [3.8, 4) is 11.5 Å². The first kappa shape index (κ1) is 12.0. The summed E-state index contributed by atoms with van der Waals surface area (Å²) in [5.74, 6) is 0.0423. The Morgan fingerprint density at radius 1 is 1.24 bits per heavy atom. The summed E-state index contributed by atoms with van der Waals surface area (Å²) in [5, 5.41) is 19.5. The smallest absolute Gasteiger partial charge is 0.171 e. The molecule has 0 radical (unpaired) electrons. The van der Waals surface area contributed by atoms with Gasteiger partial charge in [-0.05, 0) is 42.5 Å². The van der Waals surface area contributed by atoms with E-state index in [9.17, 15) is 13.5 Å². The maximum atomic E-state index is 11.6. The first-order chi connectivity index (χ1) is 7.96. The van der Waals surface area contributed by atoms with E-state index in [4.69, 9.17) is 5.11 Å². The quantitative estimate of drug-likeness (QED) is 0.805. The van der Waals surface area contributed by atoms with Crippen molar-refractivity contribution >= 4 is 15.9 Å². The Morgan fingerprint density at radius 3 is 2.53 bits per heavy atom. The predicted molar refractivity (Wildman–Crippen MR) is 65.3 cm³/mol. The van der Waals surface area contributed by atoms with Gasteiger partial charge in [-0.3, -0.25) is 0 Å². The lowest BCUT2D eigenvalue weighted by Gasteiger charge is -1.99. The number of hydrogen-bond donors (Lipinski definition) is 2. The van der Waals surface area contributed by atoms with Crippen molar-refractivity contribution in [2.45, 2.75) is 12.8 Å². The molecule has 0 amide bonds. The SMILES string of the molecule is O=S(=O)(/C=C/c1ccc(O)c(O)c1)CC1CC1. The van der Waals surface area contributed by atoms with Crippen molar-refractivity contribution in [2.24, 2.45) is 5.92 Å². The Hall–Kier alpha value is -1.49. The van der Waals surface area contributed by atoms with Gasteiger partial charge in [0.15, 0.2) is 21.3 Å². The van der Waals surface area contributed by atoms with Gasteiger partial charge in [0.05, 0.1) is 5.75 Å². The number of benzene rings is 1. The Balaban J connectivity index is 2.10. The van der Waals surface area contributed by atoms with Crippen LogP contribution in [-0.4, -0.2) is 24.4 Å². The predicted octanol–water partition coefficient (Wildman–Crippen LogP) is 1.89. The molecule has 1 aliphatic rings. The normalized spacial score (nSPS) is 16.5. The summed E-state index contributed by atoms with van der Waals surface area (Å²) in [5.41, 5.74) is 0.541. The van der Waals surface area contributed by atoms with E-state index in [-0.39, 0.29) is 17.3 Å². The maximum absolute atomic E-state index is 11.6. The highest BCUT2D eigenvalue weighted by atomic mass is 32.2. The molecule has 17 heavy (non-hydrogen) atoms. The van der Waals surface area contributed by atoms with Crippen molar-refractivity contribution in [3.05, 3.63) is 29.2 Å². The third kappa shape index (κ3) is 3.49. The Kier molecular flexibility index (Phi) is 3.11. The van der Waals surface area contributed by atoms with Crippen LogP contribution in [0.1, 0.15) is 18.4 Å². The minimum Gasteiger partial charge on any atom is -0.504 e. The molecule has 1 aromatic rings. The number of aromatic hydroxyl groups is 2. The van der Waals surface area contributed by atoms with Gasteiger partial charge in [-0.15, -0.1) is 0 Å². The molecule has 0 aromatic heterocycles. The molecular weight excluding hydrogens is 240 g/mol. The summed E-state index contributed by atoms with van der Waals surface area (Å²) >= 11 is 0. The lowest BCUT2D eigenvalue weighted by atomic mass is 10.2. The van der Waals surface area contributed by atoms with Crippen LogP contribution in [0.25, 0.3) is 6.08 Å². The Bertz CT molecular complexity index is 542. The molecule has 0 unspecified atom stereocenters. The van der Waals surface area contributed by atoms with Gasteiger partial charge in [0, 0.05) is 5.41 Å². The zero-order valence-electron chi connectivity index (χ0n) is 9.20. The molecule has 0 aliphatic heterocycles. The number of sulfone groups is 1. The fourth-order valence-corrected chi connectivity index (χ4v) is 2.96. The molecule has 0 atom stereocenters. The molecule has 1 fully saturated rings. The summed E-state index contributed by atoms with van der Waals surface area (Å²) in [6.07, 6.45) is 3.41. The van der Waals surface area contributed by atoms with Gasteiger partial charge in [0.2, 0.25) is 0 Å². The van der Waals surface area contributed by atoms with Crippen molar-refractivity contribution in [1.82, 2.24) is 0 Å². The van der Waals surface area contributed by atoms with E-state index in [1.54, 1.807) is 0 Å². The summed E-state index contributed by atoms with van der Waals surface area (Å²) in [7, 11) is -3.16. The highest BCUT2D eigenvalue weighted by Crippen LogP contribution is 2.31. The number of phenolic OH excluding ortho intramolecular Hbond substituents is 2. The fourth-order valence-electron chi connectivity index (χ4n) is 1.49. The number of rotatable bonds is 4. The van der Waals surface area contributed by atoms with Gasteiger partial charge in [0.25, 0.3) is 0 Å². The molecule has 0 spiro atoms. The first-order valence-corrected chi connectivity index (χ1v) is 7.11. The van der Waals surface area contributed by atoms with Crippen molar-refractivity contribution in [2.75, 3.05) is 5.75 Å². The van der Waals surface area contributed by atoms with E-state index in [2.05, 4.69) is 0 Å². The molecule has 0 saturated heterocycles. The van der Waals surface area contributed by atoms with E-state index in [1.807, 2.05) is 0 Å². The van der Waals surface area contributed by atoms with Gasteiger partial charge in [-0.25, -0.2) is 8.42 Å². The monoisotopic (exact) mass is 254 g/mol. The van der Waals surface area contributed by atoms with E-state index >= 15 is 0 Å². The number of hydrogen-bond acceptors (Lipinski definition) is 4. The molecule has 1 saturated carbocycles. The van der Waals surface area contributed by atoms with Crippen LogP contribution in [-0.2, 0) is 9.84 Å². The summed E-state index contributed by atoms with van der Waals surface area (Å²) < 4.78 is 23.2. The van der Waals surface area contributed by atoms with E-state index < -0.39 is 9.84 Å². The largest absolute Gasteiger partial charge is 0.504 e. The third-order valence-corrected chi connectivity index (χ3v) is 4.12. The van der Waals surface area contributed by atoms with Crippen LogP contribution in [0.15, 0.2) is 23.6 Å². The lowest BCUT2D eigenvalue weighted by molar-refractivity contribution is 0.403. The van der Waals surface area contributed by atoms with Gasteiger partial charge < -0.3 is 10.2 Å².